The summed E-state index contributed by atoms with van der Waals surface area (Å²) >= 11 is 0. The molecule has 16 heteroatoms. The molecule has 0 amide bonds. The molecule has 1 atom stereocenters. The first-order chi connectivity index (χ1) is 17.5. The maximum atomic E-state index is 13.9. The van der Waals surface area contributed by atoms with Gasteiger partial charge < -0.3 is 14.8 Å². The lowest BCUT2D eigenvalue weighted by molar-refractivity contribution is -0.289. The number of hydrogen-bond donors (Lipinski definition) is 2. The number of hydrogen-bond acceptors (Lipinski definition) is 6. The lowest BCUT2D eigenvalue weighted by Gasteiger charge is -2.21. The summed E-state index contributed by atoms with van der Waals surface area (Å²) in [6.07, 6.45) is -12.4. The molecule has 0 saturated carbocycles. The number of alkyl halides is 8. The minimum Gasteiger partial charge on any atom is -0.486 e. The molecule has 3 aromatic rings. The highest BCUT2D eigenvalue weighted by atomic mass is 19.4. The van der Waals surface area contributed by atoms with E-state index in [-0.39, 0.29) is 23.5 Å². The van der Waals surface area contributed by atoms with E-state index in [4.69, 9.17) is 4.74 Å². The highest BCUT2D eigenvalue weighted by Gasteiger charge is 2.58. The number of aromatic nitrogens is 2. The van der Waals surface area contributed by atoms with Gasteiger partial charge in [-0.15, -0.1) is 0 Å². The van der Waals surface area contributed by atoms with Crippen LogP contribution in [0.4, 0.5) is 45.3 Å². The van der Waals surface area contributed by atoms with Crippen molar-refractivity contribution in [3.05, 3.63) is 42.2 Å². The molecule has 0 fully saturated rings. The SMILES string of the molecule is CNC(CNc1nn(C)c2cc(-c3cc(F)ccc3OCC(F)(F)C(F)(F)F)ccc12)OC(=O)C(F)(F)F. The summed E-state index contributed by atoms with van der Waals surface area (Å²) in [7, 11) is 2.76. The second kappa shape index (κ2) is 10.6. The normalized spacial score (nSPS) is 13.4. The molecule has 2 aromatic carbocycles. The number of likely N-dealkylation sites (N-methyl/N-ethyl adjacent to an activating group) is 1. The summed E-state index contributed by atoms with van der Waals surface area (Å²) in [5.41, 5.74) is 0.438. The van der Waals surface area contributed by atoms with Crippen LogP contribution in [0.2, 0.25) is 0 Å². The van der Waals surface area contributed by atoms with Gasteiger partial charge in [0.25, 0.3) is 0 Å². The fourth-order valence-electron chi connectivity index (χ4n) is 3.25. The number of esters is 1. The Morgan fingerprint density at radius 1 is 1.05 bits per heavy atom. The van der Waals surface area contributed by atoms with Gasteiger partial charge in [0.05, 0.1) is 12.1 Å². The number of carbonyl (C=O) groups is 1. The van der Waals surface area contributed by atoms with Crippen molar-refractivity contribution in [2.45, 2.75) is 24.5 Å². The number of rotatable bonds is 9. The molecule has 0 aliphatic heterocycles. The highest BCUT2D eigenvalue weighted by Crippen LogP contribution is 2.38. The average Bonchev–Trinajstić information content (AvgIpc) is 3.14. The first kappa shape index (κ1) is 28.9. The van der Waals surface area contributed by atoms with Crippen molar-refractivity contribution in [3.8, 4) is 16.9 Å². The van der Waals surface area contributed by atoms with Gasteiger partial charge in [-0.05, 0) is 42.9 Å². The Balaban J connectivity index is 1.86. The topological polar surface area (TPSA) is 77.4 Å². The maximum absolute atomic E-state index is 13.9. The smallest absolute Gasteiger partial charge is 0.486 e. The zero-order valence-corrected chi connectivity index (χ0v) is 19.5. The fourth-order valence-corrected chi connectivity index (χ4v) is 3.25. The predicted octanol–water partition coefficient (Wildman–Crippen LogP) is 5.02. The van der Waals surface area contributed by atoms with Crippen LogP contribution in [0.15, 0.2) is 36.4 Å². The van der Waals surface area contributed by atoms with Crippen LogP contribution in [0.5, 0.6) is 5.75 Å². The van der Waals surface area contributed by atoms with E-state index in [1.165, 1.54) is 37.0 Å². The van der Waals surface area contributed by atoms with Gasteiger partial charge in [-0.3, -0.25) is 10.00 Å². The lowest BCUT2D eigenvalue weighted by atomic mass is 10.0. The number of carbonyl (C=O) groups excluding carboxylic acids is 1. The van der Waals surface area contributed by atoms with Crippen LogP contribution in [0.3, 0.4) is 0 Å². The van der Waals surface area contributed by atoms with Gasteiger partial charge in [-0.1, -0.05) is 6.07 Å². The minimum atomic E-state index is -5.85. The number of ether oxygens (including phenoxy) is 2. The van der Waals surface area contributed by atoms with Crippen LogP contribution in [-0.4, -0.2) is 60.5 Å². The molecule has 0 radical (unpaired) electrons. The lowest BCUT2D eigenvalue weighted by Crippen LogP contribution is -2.41. The largest absolute Gasteiger partial charge is 0.490 e. The summed E-state index contributed by atoms with van der Waals surface area (Å²) in [5.74, 6) is -8.62. The van der Waals surface area contributed by atoms with E-state index in [2.05, 4.69) is 20.5 Å². The van der Waals surface area contributed by atoms with Crippen LogP contribution in [-0.2, 0) is 16.6 Å². The first-order valence-corrected chi connectivity index (χ1v) is 10.6. The Kier molecular flexibility index (Phi) is 8.04. The van der Waals surface area contributed by atoms with E-state index in [9.17, 15) is 44.3 Å². The van der Waals surface area contributed by atoms with Crippen molar-refractivity contribution in [3.63, 3.8) is 0 Å². The quantitative estimate of drug-likeness (QED) is 0.218. The van der Waals surface area contributed by atoms with Gasteiger partial charge in [0.1, 0.15) is 11.6 Å². The summed E-state index contributed by atoms with van der Waals surface area (Å²) in [6, 6.07) is 6.91. The van der Waals surface area contributed by atoms with Gasteiger partial charge in [-0.2, -0.15) is 40.2 Å². The first-order valence-electron chi connectivity index (χ1n) is 10.6. The van der Waals surface area contributed by atoms with Gasteiger partial charge in [-0.25, -0.2) is 9.18 Å². The van der Waals surface area contributed by atoms with Crippen LogP contribution < -0.4 is 15.4 Å². The van der Waals surface area contributed by atoms with Crippen molar-refractivity contribution >= 4 is 22.7 Å². The summed E-state index contributed by atoms with van der Waals surface area (Å²) < 4.78 is 126. The number of benzene rings is 2. The summed E-state index contributed by atoms with van der Waals surface area (Å²) in [4.78, 5) is 11.1. The molecule has 0 spiro atoms. The van der Waals surface area contributed by atoms with Crippen molar-refractivity contribution in [1.29, 1.82) is 0 Å². The minimum absolute atomic E-state index is 0.116. The zero-order valence-electron chi connectivity index (χ0n) is 19.5. The number of anilines is 1. The van der Waals surface area contributed by atoms with Gasteiger partial charge >= 0.3 is 24.2 Å². The van der Waals surface area contributed by atoms with E-state index in [0.717, 1.165) is 18.2 Å². The molecule has 1 heterocycles. The van der Waals surface area contributed by atoms with E-state index >= 15 is 0 Å². The van der Waals surface area contributed by atoms with E-state index < -0.39 is 48.6 Å². The molecule has 2 N–H and O–H groups in total. The predicted molar refractivity (Wildman–Crippen MR) is 116 cm³/mol. The second-order valence-electron chi connectivity index (χ2n) is 7.90. The molecule has 3 rings (SSSR count). The Morgan fingerprint density at radius 3 is 2.34 bits per heavy atom. The van der Waals surface area contributed by atoms with E-state index in [1.54, 1.807) is 0 Å². The monoisotopic (exact) mass is 558 g/mol. The summed E-state index contributed by atoms with van der Waals surface area (Å²) in [5, 5.41) is 9.72. The third-order valence-electron chi connectivity index (χ3n) is 5.19. The van der Waals surface area contributed by atoms with Crippen LogP contribution >= 0.6 is 0 Å². The molecular weight excluding hydrogens is 539 g/mol. The molecule has 1 aromatic heterocycles. The van der Waals surface area contributed by atoms with Crippen molar-refractivity contribution in [1.82, 2.24) is 15.1 Å². The number of aryl methyl sites for hydroxylation is 1. The molecule has 208 valence electrons. The van der Waals surface area contributed by atoms with E-state index in [0.29, 0.717) is 10.9 Å². The Labute approximate surface area is 208 Å². The standard InChI is InChI=1S/C22H19F9N4O3/c1-32-17(38-19(36)21(26,27)28)9-33-18-13-5-3-11(7-15(13)35(2)34-18)14-8-12(23)4-6-16(14)37-10-20(24,25)22(29,30)31/h3-8,17,32H,9-10H2,1-2H3,(H,33,34). The highest BCUT2D eigenvalue weighted by molar-refractivity contribution is 5.93. The number of fused-ring (bicyclic) bond motifs is 1. The molecule has 0 aliphatic carbocycles. The molecule has 7 nitrogen and oxygen atoms in total. The molecule has 1 unspecified atom stereocenters. The van der Waals surface area contributed by atoms with Crippen molar-refractivity contribution in [2.24, 2.45) is 7.05 Å². The van der Waals surface area contributed by atoms with Gasteiger partial charge in [0.2, 0.25) is 0 Å². The third kappa shape index (κ3) is 6.41. The Morgan fingerprint density at radius 2 is 1.74 bits per heavy atom. The molecule has 0 saturated heterocycles. The van der Waals surface area contributed by atoms with Crippen LogP contribution in [0.25, 0.3) is 22.0 Å². The number of nitrogens with one attached hydrogen (secondary N) is 2. The number of halogens is 9. The van der Waals surface area contributed by atoms with Crippen LogP contribution in [0, 0.1) is 5.82 Å². The number of nitrogens with zero attached hydrogens (tertiary/aromatic N) is 2. The second-order valence-corrected chi connectivity index (χ2v) is 7.90. The van der Waals surface area contributed by atoms with Crippen molar-refractivity contribution in [2.75, 3.05) is 25.5 Å². The van der Waals surface area contributed by atoms with E-state index in [1.807, 2.05) is 0 Å². The van der Waals surface area contributed by atoms with Crippen molar-refractivity contribution < 1.29 is 53.8 Å². The Hall–Kier alpha value is -3.69. The summed E-state index contributed by atoms with van der Waals surface area (Å²) in [6.45, 7) is -2.34. The maximum Gasteiger partial charge on any atom is 0.490 e. The van der Waals surface area contributed by atoms with Gasteiger partial charge in [0.15, 0.2) is 18.7 Å². The molecule has 0 aliphatic rings. The van der Waals surface area contributed by atoms with Crippen LogP contribution in [0.1, 0.15) is 0 Å². The molecule has 0 bridgehead atoms. The fraction of sp³-hybridized carbons (Fsp3) is 0.364. The molecular formula is C22H19F9N4O3. The molecule has 38 heavy (non-hydrogen) atoms. The Bertz CT molecular complexity index is 1310. The van der Waals surface area contributed by atoms with Gasteiger partial charge in [0, 0.05) is 18.0 Å². The zero-order chi connectivity index (χ0) is 28.5. The third-order valence-corrected chi connectivity index (χ3v) is 5.19. The average molecular weight is 558 g/mol.